The number of aromatic amines is 1. The number of H-pyrrole nitrogens is 1. The summed E-state index contributed by atoms with van der Waals surface area (Å²) in [5.74, 6) is 0.178. The van der Waals surface area contributed by atoms with Crippen LogP contribution in [0.25, 0.3) is 22.5 Å². The van der Waals surface area contributed by atoms with E-state index in [9.17, 15) is 14.7 Å². The summed E-state index contributed by atoms with van der Waals surface area (Å²) in [6.45, 7) is 4.73. The van der Waals surface area contributed by atoms with Crippen molar-refractivity contribution in [1.82, 2.24) is 20.2 Å². The first-order valence-corrected chi connectivity index (χ1v) is 9.53. The molecule has 1 aliphatic heterocycles. The fraction of sp³-hybridized carbons (Fsp3) is 0.227. The standard InChI is InChI=1S/C22H22N4O3/c1-14-11-16(5-6-20(14)27)19-13-18(24-22(29)25-19)15-3-2-4-17(12-15)21(28)26-9-7-23-8-10-26/h2-6,11-13,23,27H,7-10H2,1H3,(H,24,25,29). The number of carbonyl (C=O) groups excluding carboxylic acids is 1. The fourth-order valence-electron chi connectivity index (χ4n) is 3.45. The number of phenolic OH excluding ortho intramolecular Hbond substituents is 1. The lowest BCUT2D eigenvalue weighted by Gasteiger charge is -2.27. The lowest BCUT2D eigenvalue weighted by molar-refractivity contribution is 0.0736. The smallest absolute Gasteiger partial charge is 0.345 e. The average Bonchev–Trinajstić information content (AvgIpc) is 2.75. The second-order valence-electron chi connectivity index (χ2n) is 7.11. The van der Waals surface area contributed by atoms with Gasteiger partial charge in [-0.25, -0.2) is 4.79 Å². The number of nitrogens with zero attached hydrogens (tertiary/aromatic N) is 2. The van der Waals surface area contributed by atoms with Crippen LogP contribution in [0.4, 0.5) is 0 Å². The van der Waals surface area contributed by atoms with Crippen LogP contribution in [0.15, 0.2) is 53.3 Å². The SMILES string of the molecule is Cc1cc(-c2cc(-c3cccc(C(=O)N4CCNCC4)c3)[nH]c(=O)n2)ccc1O. The Hall–Kier alpha value is -3.45. The average molecular weight is 390 g/mol. The molecule has 1 saturated heterocycles. The van der Waals surface area contributed by atoms with Crippen molar-refractivity contribution < 1.29 is 9.90 Å². The Morgan fingerprint density at radius 3 is 2.62 bits per heavy atom. The Morgan fingerprint density at radius 1 is 1.07 bits per heavy atom. The van der Waals surface area contributed by atoms with Crippen LogP contribution in [0.3, 0.4) is 0 Å². The minimum Gasteiger partial charge on any atom is -0.508 e. The molecule has 0 spiro atoms. The quantitative estimate of drug-likeness (QED) is 0.637. The molecule has 3 aromatic rings. The van der Waals surface area contributed by atoms with Crippen LogP contribution in [-0.4, -0.2) is 52.1 Å². The number of phenols is 1. The van der Waals surface area contributed by atoms with Crippen molar-refractivity contribution in [2.24, 2.45) is 0 Å². The third kappa shape index (κ3) is 4.05. The highest BCUT2D eigenvalue weighted by atomic mass is 16.3. The van der Waals surface area contributed by atoms with Crippen molar-refractivity contribution in [2.75, 3.05) is 26.2 Å². The Balaban J connectivity index is 1.70. The van der Waals surface area contributed by atoms with Crippen molar-refractivity contribution >= 4 is 5.91 Å². The molecule has 1 amide bonds. The molecule has 0 radical (unpaired) electrons. The van der Waals surface area contributed by atoms with E-state index in [1.54, 1.807) is 43.3 Å². The van der Waals surface area contributed by atoms with Gasteiger partial charge in [0, 0.05) is 37.3 Å². The number of aromatic hydroxyl groups is 1. The van der Waals surface area contributed by atoms with Gasteiger partial charge in [0.15, 0.2) is 0 Å². The van der Waals surface area contributed by atoms with Gasteiger partial charge in [-0.05, 0) is 54.4 Å². The molecule has 2 heterocycles. The molecular formula is C22H22N4O3. The first-order valence-electron chi connectivity index (χ1n) is 9.53. The van der Waals surface area contributed by atoms with Gasteiger partial charge in [-0.2, -0.15) is 4.98 Å². The highest BCUT2D eigenvalue weighted by Crippen LogP contribution is 2.26. The van der Waals surface area contributed by atoms with Crippen LogP contribution in [-0.2, 0) is 0 Å². The highest BCUT2D eigenvalue weighted by Gasteiger charge is 2.18. The lowest BCUT2D eigenvalue weighted by atomic mass is 10.0. The third-order valence-electron chi connectivity index (χ3n) is 5.06. The van der Waals surface area contributed by atoms with E-state index in [1.807, 2.05) is 17.0 Å². The van der Waals surface area contributed by atoms with Gasteiger partial charge in [-0.3, -0.25) is 4.79 Å². The molecule has 1 fully saturated rings. The largest absolute Gasteiger partial charge is 0.508 e. The zero-order valence-corrected chi connectivity index (χ0v) is 16.1. The van der Waals surface area contributed by atoms with Crippen LogP contribution in [0, 0.1) is 6.92 Å². The number of hydrogen-bond acceptors (Lipinski definition) is 5. The maximum absolute atomic E-state index is 12.8. The van der Waals surface area contributed by atoms with Crippen molar-refractivity contribution in [1.29, 1.82) is 0 Å². The molecule has 29 heavy (non-hydrogen) atoms. The van der Waals surface area contributed by atoms with E-state index in [-0.39, 0.29) is 11.7 Å². The number of aromatic nitrogens is 2. The first kappa shape index (κ1) is 18.9. The molecule has 7 nitrogen and oxygen atoms in total. The minimum absolute atomic E-state index is 0.0147. The normalized spacial score (nSPS) is 14.0. The van der Waals surface area contributed by atoms with E-state index in [2.05, 4.69) is 15.3 Å². The number of benzene rings is 2. The molecule has 0 bridgehead atoms. The van der Waals surface area contributed by atoms with Crippen molar-refractivity contribution in [2.45, 2.75) is 6.92 Å². The van der Waals surface area contributed by atoms with E-state index in [1.165, 1.54) is 0 Å². The molecule has 0 saturated carbocycles. The van der Waals surface area contributed by atoms with Crippen LogP contribution in [0.1, 0.15) is 15.9 Å². The lowest BCUT2D eigenvalue weighted by Crippen LogP contribution is -2.46. The molecule has 1 aliphatic rings. The molecule has 148 valence electrons. The van der Waals surface area contributed by atoms with Gasteiger partial charge in [-0.15, -0.1) is 0 Å². The van der Waals surface area contributed by atoms with E-state index in [4.69, 9.17) is 0 Å². The number of carbonyl (C=O) groups is 1. The number of rotatable bonds is 3. The van der Waals surface area contributed by atoms with Crippen LogP contribution < -0.4 is 11.0 Å². The summed E-state index contributed by atoms with van der Waals surface area (Å²) in [7, 11) is 0. The van der Waals surface area contributed by atoms with Crippen molar-refractivity contribution in [3.63, 3.8) is 0 Å². The Morgan fingerprint density at radius 2 is 1.86 bits per heavy atom. The predicted octanol–water partition coefficient (Wildman–Crippen LogP) is 2.16. The summed E-state index contributed by atoms with van der Waals surface area (Å²) in [6.07, 6.45) is 0. The highest BCUT2D eigenvalue weighted by molar-refractivity contribution is 5.95. The third-order valence-corrected chi connectivity index (χ3v) is 5.06. The Bertz CT molecular complexity index is 1120. The summed E-state index contributed by atoms with van der Waals surface area (Å²) in [4.78, 5) is 33.6. The molecule has 0 aliphatic carbocycles. The van der Waals surface area contributed by atoms with Gasteiger partial charge >= 0.3 is 5.69 Å². The second kappa shape index (κ2) is 7.89. The maximum atomic E-state index is 12.8. The van der Waals surface area contributed by atoms with Crippen LogP contribution in [0.2, 0.25) is 0 Å². The molecule has 0 atom stereocenters. The minimum atomic E-state index is -0.470. The monoisotopic (exact) mass is 390 g/mol. The molecule has 7 heteroatoms. The predicted molar refractivity (Wildman–Crippen MR) is 111 cm³/mol. The zero-order valence-electron chi connectivity index (χ0n) is 16.1. The molecule has 3 N–H and O–H groups in total. The number of hydrogen-bond donors (Lipinski definition) is 3. The second-order valence-corrected chi connectivity index (χ2v) is 7.11. The summed E-state index contributed by atoms with van der Waals surface area (Å²) in [5.41, 5.74) is 3.38. The summed E-state index contributed by atoms with van der Waals surface area (Å²) < 4.78 is 0. The number of amides is 1. The van der Waals surface area contributed by atoms with E-state index in [0.29, 0.717) is 35.6 Å². The molecule has 1 aromatic heterocycles. The molecular weight excluding hydrogens is 368 g/mol. The topological polar surface area (TPSA) is 98.3 Å². The number of aryl methyl sites for hydroxylation is 1. The van der Waals surface area contributed by atoms with Crippen LogP contribution >= 0.6 is 0 Å². The Kier molecular flexibility index (Phi) is 5.14. The summed E-state index contributed by atoms with van der Waals surface area (Å²) >= 11 is 0. The number of piperazine rings is 1. The van der Waals surface area contributed by atoms with Gasteiger partial charge in [0.2, 0.25) is 0 Å². The van der Waals surface area contributed by atoms with Crippen molar-refractivity contribution in [3.05, 3.63) is 70.1 Å². The van der Waals surface area contributed by atoms with E-state index in [0.717, 1.165) is 24.2 Å². The summed E-state index contributed by atoms with van der Waals surface area (Å²) in [5, 5.41) is 13.0. The molecule has 2 aromatic carbocycles. The molecule has 4 rings (SSSR count). The van der Waals surface area contributed by atoms with Gasteiger partial charge in [0.05, 0.1) is 11.4 Å². The van der Waals surface area contributed by atoms with Gasteiger partial charge < -0.3 is 20.3 Å². The summed E-state index contributed by atoms with van der Waals surface area (Å²) in [6, 6.07) is 14.1. The first-order chi connectivity index (χ1) is 14.0. The van der Waals surface area contributed by atoms with E-state index >= 15 is 0 Å². The fourth-order valence-corrected chi connectivity index (χ4v) is 3.45. The Labute approximate surface area is 168 Å². The van der Waals surface area contributed by atoms with Gasteiger partial charge in [0.25, 0.3) is 5.91 Å². The molecule has 0 unspecified atom stereocenters. The van der Waals surface area contributed by atoms with Crippen molar-refractivity contribution in [3.8, 4) is 28.3 Å². The van der Waals surface area contributed by atoms with Crippen LogP contribution in [0.5, 0.6) is 5.75 Å². The zero-order chi connectivity index (χ0) is 20.4. The van der Waals surface area contributed by atoms with Gasteiger partial charge in [-0.1, -0.05) is 12.1 Å². The number of nitrogens with one attached hydrogen (secondary N) is 2. The maximum Gasteiger partial charge on any atom is 0.345 e. The van der Waals surface area contributed by atoms with Gasteiger partial charge in [0.1, 0.15) is 5.75 Å². The van der Waals surface area contributed by atoms with E-state index < -0.39 is 5.69 Å².